The van der Waals surface area contributed by atoms with Crippen LogP contribution in [0.2, 0.25) is 0 Å². The van der Waals surface area contributed by atoms with E-state index in [0.717, 1.165) is 17.9 Å². The second kappa shape index (κ2) is 8.36. The van der Waals surface area contributed by atoms with E-state index in [1.807, 2.05) is 11.8 Å². The van der Waals surface area contributed by atoms with Gasteiger partial charge in [-0.1, -0.05) is 6.92 Å². The highest BCUT2D eigenvalue weighted by atomic mass is 32.2. The fraction of sp³-hybridized carbons (Fsp3) is 0.417. The Morgan fingerprint density at radius 2 is 2.21 bits per heavy atom. The van der Waals surface area contributed by atoms with Gasteiger partial charge in [-0.25, -0.2) is 9.59 Å². The van der Waals surface area contributed by atoms with Gasteiger partial charge in [0, 0.05) is 12.7 Å². The molecule has 0 bridgehead atoms. The molecular weight excluding hydrogens is 266 g/mol. The van der Waals surface area contributed by atoms with Crippen LogP contribution in [0.5, 0.6) is 0 Å². The molecule has 0 unspecified atom stereocenters. The topological polar surface area (TPSA) is 91.3 Å². The van der Waals surface area contributed by atoms with Gasteiger partial charge in [-0.3, -0.25) is 4.98 Å². The van der Waals surface area contributed by atoms with Gasteiger partial charge in [-0.15, -0.1) is 0 Å². The van der Waals surface area contributed by atoms with Crippen LogP contribution in [0.1, 0.15) is 23.7 Å². The van der Waals surface area contributed by atoms with E-state index < -0.39 is 5.97 Å². The third-order valence-corrected chi connectivity index (χ3v) is 3.18. The lowest BCUT2D eigenvalue weighted by Gasteiger charge is -2.07. The predicted octanol–water partition coefficient (Wildman–Crippen LogP) is 2.04. The van der Waals surface area contributed by atoms with Crippen LogP contribution in [0.25, 0.3) is 0 Å². The van der Waals surface area contributed by atoms with E-state index in [9.17, 15) is 9.59 Å². The van der Waals surface area contributed by atoms with E-state index >= 15 is 0 Å². The number of hydrogen-bond acceptors (Lipinski definition) is 4. The molecule has 2 amide bonds. The summed E-state index contributed by atoms with van der Waals surface area (Å²) in [7, 11) is 0. The minimum atomic E-state index is -1.08. The maximum atomic E-state index is 11.5. The van der Waals surface area contributed by atoms with Gasteiger partial charge in [-0.05, 0) is 24.0 Å². The third-order valence-electron chi connectivity index (χ3n) is 2.20. The standard InChI is InChI=1S/C12H17N3O3S/c1-2-19-5-3-4-14-12(18)15-10-6-9(11(16)17)7-13-8-10/h6-8H,2-5H2,1H3,(H,16,17)(H2,14,15,18). The van der Waals surface area contributed by atoms with Gasteiger partial charge >= 0.3 is 12.0 Å². The van der Waals surface area contributed by atoms with Crippen LogP contribution >= 0.6 is 11.8 Å². The van der Waals surface area contributed by atoms with Gasteiger partial charge in [0.25, 0.3) is 0 Å². The van der Waals surface area contributed by atoms with E-state index in [0.29, 0.717) is 12.2 Å². The summed E-state index contributed by atoms with van der Waals surface area (Å²) >= 11 is 1.82. The number of aromatic nitrogens is 1. The Balaban J connectivity index is 2.35. The van der Waals surface area contributed by atoms with Gasteiger partial charge in [0.15, 0.2) is 0 Å². The first-order valence-corrected chi connectivity index (χ1v) is 7.10. The fourth-order valence-electron chi connectivity index (χ4n) is 1.32. The molecule has 0 aromatic carbocycles. The molecule has 0 saturated carbocycles. The molecule has 0 atom stereocenters. The Kier molecular flexibility index (Phi) is 6.73. The van der Waals surface area contributed by atoms with Gasteiger partial charge in [0.2, 0.25) is 0 Å². The number of anilines is 1. The molecule has 19 heavy (non-hydrogen) atoms. The number of urea groups is 1. The Morgan fingerprint density at radius 3 is 2.89 bits per heavy atom. The molecule has 0 aliphatic carbocycles. The quantitative estimate of drug-likeness (QED) is 0.666. The van der Waals surface area contributed by atoms with Crippen molar-refractivity contribution in [2.24, 2.45) is 0 Å². The molecule has 1 aromatic heterocycles. The molecule has 7 heteroatoms. The number of nitrogens with zero attached hydrogens (tertiary/aromatic N) is 1. The fourth-order valence-corrected chi connectivity index (χ4v) is 1.96. The number of carboxylic acid groups (broad SMARTS) is 1. The summed E-state index contributed by atoms with van der Waals surface area (Å²) in [6, 6.07) is 1.01. The van der Waals surface area contributed by atoms with E-state index in [2.05, 4.69) is 22.5 Å². The predicted molar refractivity (Wildman–Crippen MR) is 75.8 cm³/mol. The van der Waals surface area contributed by atoms with Crippen molar-refractivity contribution in [1.29, 1.82) is 0 Å². The van der Waals surface area contributed by atoms with Crippen molar-refractivity contribution in [3.05, 3.63) is 24.0 Å². The number of amides is 2. The molecule has 0 saturated heterocycles. The van der Waals surface area contributed by atoms with Crippen molar-refractivity contribution < 1.29 is 14.7 Å². The first-order chi connectivity index (χ1) is 9.13. The Bertz CT molecular complexity index is 440. The van der Waals surface area contributed by atoms with Gasteiger partial charge in [-0.2, -0.15) is 11.8 Å². The normalized spacial score (nSPS) is 9.95. The lowest BCUT2D eigenvalue weighted by molar-refractivity contribution is 0.0696. The zero-order valence-electron chi connectivity index (χ0n) is 10.7. The van der Waals surface area contributed by atoms with Crippen molar-refractivity contribution in [3.63, 3.8) is 0 Å². The lowest BCUT2D eigenvalue weighted by atomic mass is 10.3. The average molecular weight is 283 g/mol. The summed E-state index contributed by atoms with van der Waals surface area (Å²) in [5.41, 5.74) is 0.400. The molecule has 3 N–H and O–H groups in total. The van der Waals surface area contributed by atoms with Crippen LogP contribution in [0.15, 0.2) is 18.5 Å². The van der Waals surface area contributed by atoms with Crippen LogP contribution in [-0.4, -0.2) is 40.1 Å². The van der Waals surface area contributed by atoms with Crippen LogP contribution < -0.4 is 10.6 Å². The lowest BCUT2D eigenvalue weighted by Crippen LogP contribution is -2.29. The Morgan fingerprint density at radius 1 is 1.42 bits per heavy atom. The zero-order chi connectivity index (χ0) is 14.1. The number of rotatable bonds is 7. The molecule has 1 heterocycles. The smallest absolute Gasteiger partial charge is 0.337 e. The molecule has 1 rings (SSSR count). The first kappa shape index (κ1) is 15.3. The first-order valence-electron chi connectivity index (χ1n) is 5.94. The molecule has 1 aromatic rings. The molecule has 0 spiro atoms. The van der Waals surface area contributed by atoms with Crippen molar-refractivity contribution >= 4 is 29.4 Å². The molecular formula is C12H17N3O3S. The van der Waals surface area contributed by atoms with Crippen molar-refractivity contribution in [1.82, 2.24) is 10.3 Å². The zero-order valence-corrected chi connectivity index (χ0v) is 11.5. The SMILES string of the molecule is CCSCCCNC(=O)Nc1cncc(C(=O)O)c1. The summed E-state index contributed by atoms with van der Waals surface area (Å²) in [4.78, 5) is 26.0. The van der Waals surface area contributed by atoms with E-state index in [1.165, 1.54) is 18.5 Å². The maximum absolute atomic E-state index is 11.5. The molecule has 0 aliphatic heterocycles. The van der Waals surface area contributed by atoms with Crippen LogP contribution in [0.4, 0.5) is 10.5 Å². The second-order valence-electron chi connectivity index (χ2n) is 3.70. The van der Waals surface area contributed by atoms with E-state index in [-0.39, 0.29) is 11.6 Å². The number of carboxylic acids is 1. The highest BCUT2D eigenvalue weighted by molar-refractivity contribution is 7.99. The molecule has 6 nitrogen and oxygen atoms in total. The summed E-state index contributed by atoms with van der Waals surface area (Å²) in [5.74, 6) is 1.00. The Hall–Kier alpha value is -1.76. The minimum absolute atomic E-state index is 0.0390. The van der Waals surface area contributed by atoms with E-state index in [4.69, 9.17) is 5.11 Å². The third kappa shape index (κ3) is 6.10. The highest BCUT2D eigenvalue weighted by Gasteiger charge is 2.06. The summed E-state index contributed by atoms with van der Waals surface area (Å²) in [5, 5.41) is 14.0. The number of thioether (sulfide) groups is 1. The monoisotopic (exact) mass is 283 g/mol. The van der Waals surface area contributed by atoms with Gasteiger partial charge in [0.05, 0.1) is 17.4 Å². The summed E-state index contributed by atoms with van der Waals surface area (Å²) in [6.07, 6.45) is 3.53. The van der Waals surface area contributed by atoms with Crippen LogP contribution in [0.3, 0.4) is 0 Å². The van der Waals surface area contributed by atoms with Crippen molar-refractivity contribution in [3.8, 4) is 0 Å². The van der Waals surface area contributed by atoms with Crippen LogP contribution in [-0.2, 0) is 0 Å². The molecule has 0 fully saturated rings. The average Bonchev–Trinajstić information content (AvgIpc) is 2.38. The number of carbonyl (C=O) groups is 2. The van der Waals surface area contributed by atoms with Crippen molar-refractivity contribution in [2.75, 3.05) is 23.4 Å². The summed E-state index contributed by atoms with van der Waals surface area (Å²) < 4.78 is 0. The summed E-state index contributed by atoms with van der Waals surface area (Å²) in [6.45, 7) is 2.68. The molecule has 104 valence electrons. The number of pyridine rings is 1. The van der Waals surface area contributed by atoms with Gasteiger partial charge in [0.1, 0.15) is 0 Å². The largest absolute Gasteiger partial charge is 0.478 e. The van der Waals surface area contributed by atoms with Crippen LogP contribution in [0, 0.1) is 0 Å². The number of aromatic carboxylic acids is 1. The maximum Gasteiger partial charge on any atom is 0.337 e. The number of hydrogen-bond donors (Lipinski definition) is 3. The van der Waals surface area contributed by atoms with Crippen molar-refractivity contribution in [2.45, 2.75) is 13.3 Å². The highest BCUT2D eigenvalue weighted by Crippen LogP contribution is 2.08. The minimum Gasteiger partial charge on any atom is -0.478 e. The molecule has 0 radical (unpaired) electrons. The van der Waals surface area contributed by atoms with Gasteiger partial charge < -0.3 is 15.7 Å². The second-order valence-corrected chi connectivity index (χ2v) is 5.09. The number of carbonyl (C=O) groups excluding carboxylic acids is 1. The van der Waals surface area contributed by atoms with E-state index in [1.54, 1.807) is 0 Å². The number of nitrogens with one attached hydrogen (secondary N) is 2. The Labute approximate surface area is 116 Å². The molecule has 0 aliphatic rings.